The lowest BCUT2D eigenvalue weighted by Gasteiger charge is -2.09. The lowest BCUT2D eigenvalue weighted by Crippen LogP contribution is -1.97. The van der Waals surface area contributed by atoms with E-state index in [1.165, 1.54) is 0 Å². The molecule has 0 spiro atoms. The molecule has 4 aromatic rings. The summed E-state index contributed by atoms with van der Waals surface area (Å²) in [6.45, 7) is 0. The SMILES string of the molecule is COc1ccc(-c2cnc3ccc(-c4ccncc4)nn23)cc1OC. The first-order chi connectivity index (χ1) is 12.3. The van der Waals surface area contributed by atoms with Gasteiger partial charge in [-0.05, 0) is 42.5 Å². The standard InChI is InChI=1S/C19H16N4O2/c1-24-17-5-3-14(11-18(17)25-2)16-12-21-19-6-4-15(22-23(16)19)13-7-9-20-10-8-13/h3-12H,1-2H3. The summed E-state index contributed by atoms with van der Waals surface area (Å²) in [5, 5.41) is 4.73. The number of hydrogen-bond donors (Lipinski definition) is 0. The Kier molecular flexibility index (Phi) is 3.78. The fraction of sp³-hybridized carbons (Fsp3) is 0.105. The Labute approximate surface area is 144 Å². The highest BCUT2D eigenvalue weighted by Crippen LogP contribution is 2.32. The van der Waals surface area contributed by atoms with E-state index in [4.69, 9.17) is 14.6 Å². The molecule has 0 aliphatic heterocycles. The van der Waals surface area contributed by atoms with Gasteiger partial charge in [0.25, 0.3) is 0 Å². The van der Waals surface area contributed by atoms with E-state index in [2.05, 4.69) is 9.97 Å². The highest BCUT2D eigenvalue weighted by atomic mass is 16.5. The minimum atomic E-state index is 0.667. The van der Waals surface area contributed by atoms with Crippen molar-refractivity contribution in [3.05, 3.63) is 61.1 Å². The molecule has 0 atom stereocenters. The predicted molar refractivity (Wildman–Crippen MR) is 94.8 cm³/mol. The smallest absolute Gasteiger partial charge is 0.161 e. The van der Waals surface area contributed by atoms with Crippen molar-refractivity contribution in [1.29, 1.82) is 0 Å². The lowest BCUT2D eigenvalue weighted by molar-refractivity contribution is 0.355. The average molecular weight is 332 g/mol. The first-order valence-electron chi connectivity index (χ1n) is 7.78. The zero-order chi connectivity index (χ0) is 17.2. The molecule has 0 N–H and O–H groups in total. The Balaban J connectivity index is 1.85. The van der Waals surface area contributed by atoms with Gasteiger partial charge in [0.2, 0.25) is 0 Å². The number of aromatic nitrogens is 4. The Morgan fingerprint density at radius 2 is 1.64 bits per heavy atom. The molecule has 0 aliphatic carbocycles. The molecule has 0 saturated heterocycles. The number of fused-ring (bicyclic) bond motifs is 1. The maximum atomic E-state index is 5.40. The van der Waals surface area contributed by atoms with Crippen LogP contribution in [0.25, 0.3) is 28.2 Å². The molecule has 1 aromatic carbocycles. The van der Waals surface area contributed by atoms with Gasteiger partial charge in [-0.2, -0.15) is 5.10 Å². The summed E-state index contributed by atoms with van der Waals surface area (Å²) in [5.74, 6) is 1.35. The summed E-state index contributed by atoms with van der Waals surface area (Å²) in [6, 6.07) is 13.5. The summed E-state index contributed by atoms with van der Waals surface area (Å²) < 4.78 is 12.5. The number of hydrogen-bond acceptors (Lipinski definition) is 5. The van der Waals surface area contributed by atoms with E-state index in [1.54, 1.807) is 32.8 Å². The topological polar surface area (TPSA) is 61.5 Å². The van der Waals surface area contributed by atoms with Crippen LogP contribution in [0.4, 0.5) is 0 Å². The van der Waals surface area contributed by atoms with Crippen LogP contribution >= 0.6 is 0 Å². The Morgan fingerprint density at radius 1 is 0.840 bits per heavy atom. The van der Waals surface area contributed by atoms with Crippen LogP contribution in [0.15, 0.2) is 61.1 Å². The molecule has 6 nitrogen and oxygen atoms in total. The molecule has 0 aliphatic rings. The van der Waals surface area contributed by atoms with Gasteiger partial charge in [0.05, 0.1) is 31.8 Å². The van der Waals surface area contributed by atoms with Crippen LogP contribution in [0.2, 0.25) is 0 Å². The van der Waals surface area contributed by atoms with Crippen molar-refractivity contribution in [1.82, 2.24) is 19.6 Å². The molecule has 3 heterocycles. The maximum absolute atomic E-state index is 5.40. The summed E-state index contributed by atoms with van der Waals surface area (Å²) in [6.07, 6.45) is 5.31. The third-order valence-corrected chi connectivity index (χ3v) is 4.02. The first-order valence-corrected chi connectivity index (χ1v) is 7.78. The van der Waals surface area contributed by atoms with Crippen LogP contribution in [-0.4, -0.2) is 33.8 Å². The van der Waals surface area contributed by atoms with Crippen molar-refractivity contribution in [2.24, 2.45) is 0 Å². The number of rotatable bonds is 4. The highest BCUT2D eigenvalue weighted by Gasteiger charge is 2.12. The van der Waals surface area contributed by atoms with Crippen LogP contribution in [0.3, 0.4) is 0 Å². The number of nitrogens with zero attached hydrogens (tertiary/aromatic N) is 4. The Bertz CT molecular complexity index is 1030. The molecule has 25 heavy (non-hydrogen) atoms. The fourth-order valence-corrected chi connectivity index (χ4v) is 2.74. The van der Waals surface area contributed by atoms with E-state index in [0.717, 1.165) is 28.2 Å². The van der Waals surface area contributed by atoms with Crippen molar-refractivity contribution < 1.29 is 9.47 Å². The molecule has 124 valence electrons. The van der Waals surface area contributed by atoms with Gasteiger partial charge in [0.1, 0.15) is 0 Å². The zero-order valence-electron chi connectivity index (χ0n) is 13.9. The van der Waals surface area contributed by atoms with Crippen molar-refractivity contribution in [2.45, 2.75) is 0 Å². The zero-order valence-corrected chi connectivity index (χ0v) is 13.9. The van der Waals surface area contributed by atoms with Gasteiger partial charge in [0, 0.05) is 23.5 Å². The van der Waals surface area contributed by atoms with Crippen LogP contribution in [0.5, 0.6) is 11.5 Å². The van der Waals surface area contributed by atoms with Gasteiger partial charge >= 0.3 is 0 Å². The third-order valence-electron chi connectivity index (χ3n) is 4.02. The molecule has 0 bridgehead atoms. The van der Waals surface area contributed by atoms with Gasteiger partial charge in [-0.15, -0.1) is 0 Å². The monoisotopic (exact) mass is 332 g/mol. The van der Waals surface area contributed by atoms with E-state index in [9.17, 15) is 0 Å². The molecule has 4 rings (SSSR count). The highest BCUT2D eigenvalue weighted by molar-refractivity contribution is 5.68. The van der Waals surface area contributed by atoms with Gasteiger partial charge in [-0.3, -0.25) is 4.98 Å². The summed E-state index contributed by atoms with van der Waals surface area (Å²) in [7, 11) is 3.24. The number of imidazole rings is 1. The van der Waals surface area contributed by atoms with Crippen LogP contribution in [-0.2, 0) is 0 Å². The van der Waals surface area contributed by atoms with E-state index in [-0.39, 0.29) is 0 Å². The molecule has 0 unspecified atom stereocenters. The summed E-state index contributed by atoms with van der Waals surface area (Å²) in [4.78, 5) is 8.50. The van der Waals surface area contributed by atoms with Gasteiger partial charge in [-0.25, -0.2) is 9.50 Å². The minimum Gasteiger partial charge on any atom is -0.493 e. The minimum absolute atomic E-state index is 0.667. The molecule has 0 amide bonds. The van der Waals surface area contributed by atoms with Gasteiger partial charge in [0.15, 0.2) is 17.1 Å². The molecule has 3 aromatic heterocycles. The Morgan fingerprint density at radius 3 is 2.40 bits per heavy atom. The second-order valence-corrected chi connectivity index (χ2v) is 5.44. The molecular weight excluding hydrogens is 316 g/mol. The number of pyridine rings is 1. The largest absolute Gasteiger partial charge is 0.493 e. The number of ether oxygens (including phenoxy) is 2. The summed E-state index contributed by atoms with van der Waals surface area (Å²) >= 11 is 0. The quantitative estimate of drug-likeness (QED) is 0.572. The van der Waals surface area contributed by atoms with Crippen LogP contribution < -0.4 is 9.47 Å². The number of methoxy groups -OCH3 is 2. The van der Waals surface area contributed by atoms with E-state index in [1.807, 2.05) is 47.0 Å². The molecule has 6 heteroatoms. The van der Waals surface area contributed by atoms with Crippen molar-refractivity contribution >= 4 is 5.65 Å². The predicted octanol–water partition coefficient (Wildman–Crippen LogP) is 3.48. The molecular formula is C19H16N4O2. The van der Waals surface area contributed by atoms with Crippen molar-refractivity contribution in [3.8, 4) is 34.0 Å². The van der Waals surface area contributed by atoms with Crippen molar-refractivity contribution in [2.75, 3.05) is 14.2 Å². The van der Waals surface area contributed by atoms with E-state index >= 15 is 0 Å². The molecule has 0 saturated carbocycles. The van der Waals surface area contributed by atoms with Crippen molar-refractivity contribution in [3.63, 3.8) is 0 Å². The Hall–Kier alpha value is -3.41. The normalized spacial score (nSPS) is 10.8. The lowest BCUT2D eigenvalue weighted by atomic mass is 10.1. The average Bonchev–Trinajstić information content (AvgIpc) is 3.11. The molecule has 0 fully saturated rings. The third kappa shape index (κ3) is 2.67. The summed E-state index contributed by atoms with van der Waals surface area (Å²) in [5.41, 5.74) is 4.47. The second kappa shape index (κ2) is 6.24. The maximum Gasteiger partial charge on any atom is 0.161 e. The van der Waals surface area contributed by atoms with Gasteiger partial charge < -0.3 is 9.47 Å². The van der Waals surface area contributed by atoms with Gasteiger partial charge in [-0.1, -0.05) is 0 Å². The van der Waals surface area contributed by atoms with Crippen LogP contribution in [0.1, 0.15) is 0 Å². The first kappa shape index (κ1) is 15.1. The fourth-order valence-electron chi connectivity index (χ4n) is 2.74. The molecule has 0 radical (unpaired) electrons. The second-order valence-electron chi connectivity index (χ2n) is 5.44. The van der Waals surface area contributed by atoms with Crippen LogP contribution in [0, 0.1) is 0 Å². The van der Waals surface area contributed by atoms with E-state index < -0.39 is 0 Å². The van der Waals surface area contributed by atoms with E-state index in [0.29, 0.717) is 11.5 Å². The number of benzene rings is 1.